The number of hydrogen-bond donors (Lipinski definition) is 1. The highest BCUT2D eigenvalue weighted by Gasteiger charge is 2.59. The van der Waals surface area contributed by atoms with Crippen molar-refractivity contribution in [2.24, 2.45) is 5.92 Å². The molecule has 5 atom stereocenters. The fourth-order valence-electron chi connectivity index (χ4n) is 3.23. The highest BCUT2D eigenvalue weighted by Crippen LogP contribution is 2.50. The van der Waals surface area contributed by atoms with Gasteiger partial charge in [0, 0.05) is 13.0 Å². The van der Waals surface area contributed by atoms with Crippen molar-refractivity contribution in [3.8, 4) is 0 Å². The number of epoxide rings is 1. The Kier molecular flexibility index (Phi) is 4.15. The lowest BCUT2D eigenvalue weighted by Crippen LogP contribution is -2.42. The van der Waals surface area contributed by atoms with Crippen molar-refractivity contribution in [3.63, 3.8) is 0 Å². The highest BCUT2D eigenvalue weighted by molar-refractivity contribution is 5.11. The van der Waals surface area contributed by atoms with Gasteiger partial charge in [-0.3, -0.25) is 0 Å². The fraction of sp³-hybridized carbons (Fsp3) is 0.867. The van der Waals surface area contributed by atoms with Crippen LogP contribution in [0.25, 0.3) is 0 Å². The first kappa shape index (κ1) is 14.0. The number of ether oxygens (including phenoxy) is 2. The topological polar surface area (TPSA) is 42.0 Å². The second kappa shape index (κ2) is 5.32. The van der Waals surface area contributed by atoms with Crippen LogP contribution in [0, 0.1) is 5.92 Å². The molecule has 2 rings (SSSR count). The Morgan fingerprint density at radius 3 is 2.78 bits per heavy atom. The molecular formula is C15H26O3. The van der Waals surface area contributed by atoms with Crippen molar-refractivity contribution in [2.75, 3.05) is 7.11 Å². The Bertz CT molecular complexity index is 322. The van der Waals surface area contributed by atoms with Crippen molar-refractivity contribution in [1.29, 1.82) is 0 Å². The van der Waals surface area contributed by atoms with E-state index >= 15 is 0 Å². The fourth-order valence-corrected chi connectivity index (χ4v) is 3.23. The second-order valence-electron chi connectivity index (χ2n) is 6.16. The molecule has 0 bridgehead atoms. The van der Waals surface area contributed by atoms with Crippen LogP contribution in [0.3, 0.4) is 0 Å². The number of allylic oxidation sites excluding steroid dienone is 1. The van der Waals surface area contributed by atoms with E-state index in [0.29, 0.717) is 12.0 Å². The van der Waals surface area contributed by atoms with E-state index in [1.165, 1.54) is 5.57 Å². The van der Waals surface area contributed by atoms with Gasteiger partial charge in [-0.05, 0) is 46.5 Å². The number of aliphatic hydroxyl groups is 1. The lowest BCUT2D eigenvalue weighted by Gasteiger charge is -2.36. The molecule has 0 aromatic heterocycles. The van der Waals surface area contributed by atoms with E-state index in [1.54, 1.807) is 7.11 Å². The molecule has 104 valence electrons. The van der Waals surface area contributed by atoms with Gasteiger partial charge in [0.15, 0.2) is 0 Å². The largest absolute Gasteiger partial charge is 0.393 e. The maximum Gasteiger partial charge on any atom is 0.0977 e. The third-order valence-electron chi connectivity index (χ3n) is 4.52. The average Bonchev–Trinajstić information content (AvgIpc) is 2.99. The second-order valence-corrected chi connectivity index (χ2v) is 6.16. The summed E-state index contributed by atoms with van der Waals surface area (Å²) in [6, 6.07) is 0. The zero-order chi connectivity index (χ0) is 13.3. The molecule has 0 amide bonds. The first-order valence-electron chi connectivity index (χ1n) is 6.99. The Morgan fingerprint density at radius 2 is 2.17 bits per heavy atom. The number of methoxy groups -OCH3 is 1. The summed E-state index contributed by atoms with van der Waals surface area (Å²) < 4.78 is 11.5. The normalized spacial score (nSPS) is 43.6. The summed E-state index contributed by atoms with van der Waals surface area (Å²) in [5.74, 6) is 0.321. The highest BCUT2D eigenvalue weighted by atomic mass is 16.6. The number of aliphatic hydroxyl groups excluding tert-OH is 1. The van der Waals surface area contributed by atoms with Gasteiger partial charge in [0.25, 0.3) is 0 Å². The minimum atomic E-state index is -0.188. The SMILES string of the molecule is COC1CC[C@@H](O)CC1C1(C)OC1CC=C(C)C. The molecule has 1 aliphatic carbocycles. The van der Waals surface area contributed by atoms with Crippen LogP contribution in [-0.2, 0) is 9.47 Å². The van der Waals surface area contributed by atoms with Crippen LogP contribution in [-0.4, -0.2) is 36.1 Å². The van der Waals surface area contributed by atoms with Gasteiger partial charge in [-0.25, -0.2) is 0 Å². The van der Waals surface area contributed by atoms with Crippen molar-refractivity contribution in [2.45, 2.75) is 70.4 Å². The molecule has 3 heteroatoms. The molecule has 1 saturated carbocycles. The van der Waals surface area contributed by atoms with Crippen molar-refractivity contribution in [3.05, 3.63) is 11.6 Å². The quantitative estimate of drug-likeness (QED) is 0.619. The van der Waals surface area contributed by atoms with E-state index in [0.717, 1.165) is 25.7 Å². The standard InChI is InChI=1S/C15H26O3/c1-10(2)5-8-14-15(3,18-14)12-9-11(16)6-7-13(12)17-4/h5,11-14,16H,6-9H2,1-4H3/t11-,12?,13?,14?,15?/m1/s1. The van der Waals surface area contributed by atoms with Crippen LogP contribution in [0.2, 0.25) is 0 Å². The zero-order valence-electron chi connectivity index (χ0n) is 12.0. The zero-order valence-corrected chi connectivity index (χ0v) is 12.0. The Balaban J connectivity index is 1.99. The van der Waals surface area contributed by atoms with Gasteiger partial charge in [-0.2, -0.15) is 0 Å². The molecule has 1 aliphatic heterocycles. The third-order valence-corrected chi connectivity index (χ3v) is 4.52. The first-order valence-corrected chi connectivity index (χ1v) is 6.99. The van der Waals surface area contributed by atoms with Crippen molar-refractivity contribution in [1.82, 2.24) is 0 Å². The molecule has 2 fully saturated rings. The third kappa shape index (κ3) is 2.79. The molecule has 0 aromatic carbocycles. The molecule has 2 aliphatic rings. The summed E-state index contributed by atoms with van der Waals surface area (Å²) in [4.78, 5) is 0. The number of hydrogen-bond acceptors (Lipinski definition) is 3. The lowest BCUT2D eigenvalue weighted by molar-refractivity contribution is -0.0454. The van der Waals surface area contributed by atoms with E-state index in [4.69, 9.17) is 9.47 Å². The Morgan fingerprint density at radius 1 is 1.44 bits per heavy atom. The predicted octanol–water partition coefficient (Wildman–Crippen LogP) is 2.68. The molecule has 0 spiro atoms. The minimum Gasteiger partial charge on any atom is -0.393 e. The van der Waals surface area contributed by atoms with Crippen molar-refractivity contribution >= 4 is 0 Å². The van der Waals surface area contributed by atoms with Crippen LogP contribution >= 0.6 is 0 Å². The van der Waals surface area contributed by atoms with Gasteiger partial charge in [-0.15, -0.1) is 0 Å². The van der Waals surface area contributed by atoms with E-state index in [2.05, 4.69) is 26.8 Å². The van der Waals surface area contributed by atoms with Crippen LogP contribution in [0.4, 0.5) is 0 Å². The van der Waals surface area contributed by atoms with Crippen molar-refractivity contribution < 1.29 is 14.6 Å². The summed E-state index contributed by atoms with van der Waals surface area (Å²) in [5, 5.41) is 9.87. The monoisotopic (exact) mass is 254 g/mol. The summed E-state index contributed by atoms with van der Waals surface area (Å²) in [5.41, 5.74) is 1.23. The molecule has 1 N–H and O–H groups in total. The minimum absolute atomic E-state index is 0.103. The molecule has 1 saturated heterocycles. The maximum absolute atomic E-state index is 9.87. The van der Waals surface area contributed by atoms with Gasteiger partial charge in [-0.1, -0.05) is 11.6 Å². The van der Waals surface area contributed by atoms with Gasteiger partial charge < -0.3 is 14.6 Å². The molecule has 18 heavy (non-hydrogen) atoms. The van der Waals surface area contributed by atoms with Crippen LogP contribution < -0.4 is 0 Å². The summed E-state index contributed by atoms with van der Waals surface area (Å²) >= 11 is 0. The van der Waals surface area contributed by atoms with Crippen LogP contribution in [0.5, 0.6) is 0 Å². The van der Waals surface area contributed by atoms with E-state index < -0.39 is 0 Å². The van der Waals surface area contributed by atoms with Gasteiger partial charge in [0.2, 0.25) is 0 Å². The molecular weight excluding hydrogens is 228 g/mol. The van der Waals surface area contributed by atoms with E-state index in [1.807, 2.05) is 0 Å². The van der Waals surface area contributed by atoms with Gasteiger partial charge in [0.1, 0.15) is 0 Å². The summed E-state index contributed by atoms with van der Waals surface area (Å²) in [6.07, 6.45) is 6.14. The molecule has 1 heterocycles. The predicted molar refractivity (Wildman–Crippen MR) is 71.5 cm³/mol. The van der Waals surface area contributed by atoms with Crippen LogP contribution in [0.1, 0.15) is 46.5 Å². The molecule has 0 radical (unpaired) electrons. The Labute approximate surface area is 110 Å². The lowest BCUT2D eigenvalue weighted by atomic mass is 9.75. The first-order chi connectivity index (χ1) is 8.47. The summed E-state index contributed by atoms with van der Waals surface area (Å²) in [7, 11) is 1.77. The smallest absolute Gasteiger partial charge is 0.0977 e. The van der Waals surface area contributed by atoms with Gasteiger partial charge >= 0.3 is 0 Å². The number of rotatable bonds is 4. The molecule has 4 unspecified atom stereocenters. The van der Waals surface area contributed by atoms with Gasteiger partial charge in [0.05, 0.1) is 23.9 Å². The van der Waals surface area contributed by atoms with Crippen LogP contribution in [0.15, 0.2) is 11.6 Å². The van der Waals surface area contributed by atoms with E-state index in [-0.39, 0.29) is 17.8 Å². The van der Waals surface area contributed by atoms with E-state index in [9.17, 15) is 5.11 Å². The maximum atomic E-state index is 9.87. The average molecular weight is 254 g/mol. The molecule has 0 aromatic rings. The summed E-state index contributed by atoms with van der Waals surface area (Å²) in [6.45, 7) is 6.40. The molecule has 3 nitrogen and oxygen atoms in total. The Hall–Kier alpha value is -0.380.